The molecule has 0 unspecified atom stereocenters. The van der Waals surface area contributed by atoms with Crippen LogP contribution in [0, 0.1) is 12.8 Å². The van der Waals surface area contributed by atoms with E-state index in [0.717, 1.165) is 42.9 Å². The summed E-state index contributed by atoms with van der Waals surface area (Å²) in [7, 11) is 0. The summed E-state index contributed by atoms with van der Waals surface area (Å²) in [4.78, 5) is 20.8. The number of carbonyl (C=O) groups is 1. The van der Waals surface area contributed by atoms with E-state index in [0.29, 0.717) is 0 Å². The highest BCUT2D eigenvalue weighted by Crippen LogP contribution is 2.19. The van der Waals surface area contributed by atoms with Crippen LogP contribution in [0.3, 0.4) is 0 Å². The van der Waals surface area contributed by atoms with E-state index in [1.165, 1.54) is 11.5 Å². The Morgan fingerprint density at radius 2 is 2.11 bits per heavy atom. The standard InChI is InChI=1S/C12H20N4OS2/c1-9(8-18-3)11(17)15-4-6-16(7-5-15)12-13-10(2)14-19-12/h9H,4-8H2,1-3H3/t9-/m0/s1. The molecule has 0 aromatic carbocycles. The van der Waals surface area contributed by atoms with Crippen molar-refractivity contribution in [2.24, 2.45) is 5.92 Å². The topological polar surface area (TPSA) is 49.3 Å². The van der Waals surface area contributed by atoms with E-state index in [1.54, 1.807) is 11.8 Å². The molecule has 2 rings (SSSR count). The zero-order valence-electron chi connectivity index (χ0n) is 11.6. The molecule has 7 heteroatoms. The van der Waals surface area contributed by atoms with Gasteiger partial charge in [0.15, 0.2) is 0 Å². The molecule has 1 fully saturated rings. The van der Waals surface area contributed by atoms with Crippen molar-refractivity contribution in [2.45, 2.75) is 13.8 Å². The molecular weight excluding hydrogens is 280 g/mol. The first-order valence-corrected chi connectivity index (χ1v) is 8.61. The molecule has 1 amide bonds. The number of rotatable bonds is 4. The summed E-state index contributed by atoms with van der Waals surface area (Å²) in [6, 6.07) is 0. The summed E-state index contributed by atoms with van der Waals surface area (Å²) in [6.07, 6.45) is 2.04. The van der Waals surface area contributed by atoms with Gasteiger partial charge in [-0.25, -0.2) is 4.98 Å². The van der Waals surface area contributed by atoms with E-state index in [2.05, 4.69) is 14.3 Å². The number of amides is 1. The summed E-state index contributed by atoms with van der Waals surface area (Å²) in [6.45, 7) is 7.20. The lowest BCUT2D eigenvalue weighted by atomic mass is 10.1. The van der Waals surface area contributed by atoms with Crippen LogP contribution in [-0.4, -0.2) is 58.4 Å². The lowest BCUT2D eigenvalue weighted by Gasteiger charge is -2.35. The van der Waals surface area contributed by atoms with E-state index in [-0.39, 0.29) is 11.8 Å². The SMILES string of the molecule is CSC[C@H](C)C(=O)N1CCN(c2nc(C)ns2)CC1. The summed E-state index contributed by atoms with van der Waals surface area (Å²) in [5.74, 6) is 2.12. The summed E-state index contributed by atoms with van der Waals surface area (Å²) in [5, 5.41) is 0.974. The van der Waals surface area contributed by atoms with Gasteiger partial charge in [0.2, 0.25) is 11.0 Å². The first-order chi connectivity index (χ1) is 9.11. The van der Waals surface area contributed by atoms with Crippen LogP contribution in [0.4, 0.5) is 5.13 Å². The van der Waals surface area contributed by atoms with Crippen molar-refractivity contribution in [2.75, 3.05) is 43.1 Å². The van der Waals surface area contributed by atoms with Gasteiger partial charge >= 0.3 is 0 Å². The Kier molecular flexibility index (Phi) is 5.04. The fraction of sp³-hybridized carbons (Fsp3) is 0.750. The summed E-state index contributed by atoms with van der Waals surface area (Å²) >= 11 is 3.17. The number of thioether (sulfide) groups is 1. The molecule has 1 aromatic heterocycles. The van der Waals surface area contributed by atoms with Crippen LogP contribution >= 0.6 is 23.3 Å². The number of hydrogen-bond acceptors (Lipinski definition) is 6. The molecule has 0 aliphatic carbocycles. The third-order valence-corrected chi connectivity index (χ3v) is 4.92. The molecule has 106 valence electrons. The van der Waals surface area contributed by atoms with E-state index in [4.69, 9.17) is 0 Å². The Morgan fingerprint density at radius 3 is 2.63 bits per heavy atom. The zero-order valence-corrected chi connectivity index (χ0v) is 13.3. The molecule has 0 radical (unpaired) electrons. The van der Waals surface area contributed by atoms with Gasteiger partial charge < -0.3 is 9.80 Å². The third kappa shape index (κ3) is 3.60. The second-order valence-electron chi connectivity index (χ2n) is 4.79. The quantitative estimate of drug-likeness (QED) is 0.843. The molecule has 19 heavy (non-hydrogen) atoms. The Hall–Kier alpha value is -0.820. The maximum atomic E-state index is 12.2. The Morgan fingerprint density at radius 1 is 1.42 bits per heavy atom. The monoisotopic (exact) mass is 300 g/mol. The van der Waals surface area contributed by atoms with Gasteiger partial charge in [-0.2, -0.15) is 16.1 Å². The second-order valence-corrected chi connectivity index (χ2v) is 6.43. The van der Waals surface area contributed by atoms with Crippen LogP contribution in [0.1, 0.15) is 12.7 Å². The molecule has 1 aromatic rings. The van der Waals surface area contributed by atoms with Gasteiger partial charge in [0.1, 0.15) is 5.82 Å². The molecule has 5 nitrogen and oxygen atoms in total. The predicted molar refractivity (Wildman–Crippen MR) is 81.0 cm³/mol. The average molecular weight is 300 g/mol. The van der Waals surface area contributed by atoms with E-state index >= 15 is 0 Å². The van der Waals surface area contributed by atoms with Crippen LogP contribution in [0.25, 0.3) is 0 Å². The average Bonchev–Trinajstić information content (AvgIpc) is 2.85. The van der Waals surface area contributed by atoms with Gasteiger partial charge in [-0.05, 0) is 13.2 Å². The highest BCUT2D eigenvalue weighted by atomic mass is 32.2. The minimum atomic E-state index is 0.116. The van der Waals surface area contributed by atoms with E-state index in [9.17, 15) is 4.79 Å². The Balaban J connectivity index is 1.87. The van der Waals surface area contributed by atoms with Crippen molar-refractivity contribution in [1.82, 2.24) is 14.3 Å². The molecule has 0 saturated carbocycles. The first-order valence-electron chi connectivity index (χ1n) is 6.44. The smallest absolute Gasteiger partial charge is 0.226 e. The third-order valence-electron chi connectivity index (χ3n) is 3.22. The van der Waals surface area contributed by atoms with Gasteiger partial charge in [0.05, 0.1) is 0 Å². The molecule has 2 heterocycles. The first kappa shape index (κ1) is 14.6. The van der Waals surface area contributed by atoms with Crippen LogP contribution in [-0.2, 0) is 4.79 Å². The normalized spacial score (nSPS) is 17.6. The number of piperazine rings is 1. The molecule has 1 aliphatic heterocycles. The van der Waals surface area contributed by atoms with Gasteiger partial charge in [-0.3, -0.25) is 4.79 Å². The van der Waals surface area contributed by atoms with Crippen molar-refractivity contribution in [1.29, 1.82) is 0 Å². The van der Waals surface area contributed by atoms with Gasteiger partial charge in [0, 0.05) is 49.4 Å². The fourth-order valence-corrected chi connectivity index (χ4v) is 3.53. The number of hydrogen-bond donors (Lipinski definition) is 0. The minimum absolute atomic E-state index is 0.116. The molecule has 1 atom stereocenters. The Bertz CT molecular complexity index is 429. The number of nitrogens with zero attached hydrogens (tertiary/aromatic N) is 4. The van der Waals surface area contributed by atoms with Crippen molar-refractivity contribution >= 4 is 34.3 Å². The highest BCUT2D eigenvalue weighted by molar-refractivity contribution is 7.98. The molecule has 0 spiro atoms. The van der Waals surface area contributed by atoms with E-state index < -0.39 is 0 Å². The summed E-state index contributed by atoms with van der Waals surface area (Å²) < 4.78 is 4.20. The van der Waals surface area contributed by atoms with Gasteiger partial charge in [-0.15, -0.1) is 0 Å². The van der Waals surface area contributed by atoms with Crippen molar-refractivity contribution in [3.63, 3.8) is 0 Å². The van der Waals surface area contributed by atoms with Crippen LogP contribution < -0.4 is 4.90 Å². The van der Waals surface area contributed by atoms with Crippen molar-refractivity contribution in [3.8, 4) is 0 Å². The Labute approximate surface area is 122 Å². The van der Waals surface area contributed by atoms with Gasteiger partial charge in [-0.1, -0.05) is 6.92 Å². The predicted octanol–water partition coefficient (Wildman–Crippen LogP) is 1.49. The van der Waals surface area contributed by atoms with Crippen LogP contribution in [0.5, 0.6) is 0 Å². The summed E-state index contributed by atoms with van der Waals surface area (Å²) in [5.41, 5.74) is 0. The number of aryl methyl sites for hydroxylation is 1. The fourth-order valence-electron chi connectivity index (χ4n) is 2.17. The van der Waals surface area contributed by atoms with Crippen molar-refractivity contribution < 1.29 is 4.79 Å². The maximum Gasteiger partial charge on any atom is 0.226 e. The number of aromatic nitrogens is 2. The van der Waals surface area contributed by atoms with Crippen molar-refractivity contribution in [3.05, 3.63) is 5.82 Å². The number of anilines is 1. The molecular formula is C12H20N4OS2. The number of carbonyl (C=O) groups excluding carboxylic acids is 1. The van der Waals surface area contributed by atoms with Gasteiger partial charge in [0.25, 0.3) is 0 Å². The highest BCUT2D eigenvalue weighted by Gasteiger charge is 2.25. The lowest BCUT2D eigenvalue weighted by Crippen LogP contribution is -2.50. The maximum absolute atomic E-state index is 12.2. The second kappa shape index (κ2) is 6.56. The molecule has 1 aliphatic rings. The molecule has 1 saturated heterocycles. The van der Waals surface area contributed by atoms with E-state index in [1.807, 2.05) is 25.0 Å². The lowest BCUT2D eigenvalue weighted by molar-refractivity contribution is -0.134. The minimum Gasteiger partial charge on any atom is -0.343 e. The largest absolute Gasteiger partial charge is 0.343 e. The molecule has 0 bridgehead atoms. The molecule has 0 N–H and O–H groups in total. The van der Waals surface area contributed by atoms with Crippen LogP contribution in [0.2, 0.25) is 0 Å². The van der Waals surface area contributed by atoms with Crippen LogP contribution in [0.15, 0.2) is 0 Å². The zero-order chi connectivity index (χ0) is 13.8.